The summed E-state index contributed by atoms with van der Waals surface area (Å²) in [5.74, 6) is 0. The third-order valence-corrected chi connectivity index (χ3v) is 1.82. The Balaban J connectivity index is 3.18. The molecule has 0 fully saturated rings. The average molecular weight is 196 g/mol. The third-order valence-electron chi connectivity index (χ3n) is 1.44. The molecule has 0 aliphatic rings. The summed E-state index contributed by atoms with van der Waals surface area (Å²) in [7, 11) is 0. The van der Waals surface area contributed by atoms with Gasteiger partial charge in [-0.25, -0.2) is 0 Å². The summed E-state index contributed by atoms with van der Waals surface area (Å²) in [5.41, 5.74) is 0.540. The van der Waals surface area contributed by atoms with Crippen LogP contribution in [0.2, 0.25) is 0 Å². The van der Waals surface area contributed by atoms with E-state index in [1.54, 1.807) is 19.2 Å². The second kappa shape index (κ2) is 4.04. The quantitative estimate of drug-likeness (QED) is 0.342. The maximum Gasteiger partial charge on any atom is 0.271 e. The lowest BCUT2D eigenvalue weighted by atomic mass is 10.3. The van der Waals surface area contributed by atoms with Crippen LogP contribution in [0.15, 0.2) is 28.1 Å². The molecule has 1 rings (SSSR count). The summed E-state index contributed by atoms with van der Waals surface area (Å²) in [6, 6.07) is 4.35. The van der Waals surface area contributed by atoms with Crippen molar-refractivity contribution in [1.29, 1.82) is 0 Å². The Labute approximate surface area is 80.9 Å². The predicted octanol–water partition coefficient (Wildman–Crippen LogP) is 2.61. The highest BCUT2D eigenvalue weighted by Gasteiger charge is 2.07. The zero-order valence-electron chi connectivity index (χ0n) is 6.97. The van der Waals surface area contributed by atoms with Crippen LogP contribution in [-0.4, -0.2) is 11.1 Å². The Kier molecular flexibility index (Phi) is 3.02. The molecule has 0 atom stereocenters. The number of hydrogen-bond acceptors (Lipinski definition) is 4. The molecular formula is C8H8N2O2S. The fraction of sp³-hybridized carbons (Fsp3) is 0.125. The number of aliphatic imine (C=N–C) groups is 1. The van der Waals surface area contributed by atoms with Crippen molar-refractivity contribution in [2.45, 2.75) is 11.8 Å². The molecule has 0 saturated carbocycles. The molecule has 0 aliphatic heterocycles. The first kappa shape index (κ1) is 9.73. The van der Waals surface area contributed by atoms with Gasteiger partial charge in [0.25, 0.3) is 5.69 Å². The van der Waals surface area contributed by atoms with E-state index >= 15 is 0 Å². The molecule has 4 nitrogen and oxygen atoms in total. The van der Waals surface area contributed by atoms with Gasteiger partial charge in [-0.1, -0.05) is 0 Å². The molecule has 1 aromatic rings. The van der Waals surface area contributed by atoms with Gasteiger partial charge in [0, 0.05) is 23.2 Å². The van der Waals surface area contributed by atoms with E-state index in [2.05, 4.69) is 17.6 Å². The fourth-order valence-corrected chi connectivity index (χ4v) is 1.06. The van der Waals surface area contributed by atoms with E-state index in [9.17, 15) is 10.1 Å². The molecule has 0 bridgehead atoms. The number of non-ortho nitro benzene ring substituents is 1. The van der Waals surface area contributed by atoms with E-state index in [4.69, 9.17) is 0 Å². The van der Waals surface area contributed by atoms with Crippen molar-refractivity contribution >= 4 is 30.2 Å². The lowest BCUT2D eigenvalue weighted by molar-refractivity contribution is -0.384. The zero-order valence-corrected chi connectivity index (χ0v) is 7.86. The summed E-state index contributed by atoms with van der Waals surface area (Å²) < 4.78 is 0. The maximum absolute atomic E-state index is 10.4. The van der Waals surface area contributed by atoms with Crippen LogP contribution in [-0.2, 0) is 0 Å². The van der Waals surface area contributed by atoms with Gasteiger partial charge in [0.15, 0.2) is 0 Å². The highest BCUT2D eigenvalue weighted by molar-refractivity contribution is 7.80. The maximum atomic E-state index is 10.4. The van der Waals surface area contributed by atoms with Crippen LogP contribution in [0.4, 0.5) is 11.4 Å². The zero-order chi connectivity index (χ0) is 9.84. The van der Waals surface area contributed by atoms with E-state index in [1.807, 2.05) is 0 Å². The number of rotatable bonds is 2. The molecule has 0 radical (unpaired) electrons. The van der Waals surface area contributed by atoms with Crippen molar-refractivity contribution in [2.75, 3.05) is 0 Å². The molecule has 5 heteroatoms. The number of nitro groups is 1. The summed E-state index contributed by atoms with van der Waals surface area (Å²) in [6.45, 7) is 1.74. The number of thiol groups is 1. The Morgan fingerprint density at radius 3 is 2.85 bits per heavy atom. The Morgan fingerprint density at radius 1 is 1.62 bits per heavy atom. The molecule has 0 N–H and O–H groups in total. The largest absolute Gasteiger partial charge is 0.271 e. The monoisotopic (exact) mass is 196 g/mol. The van der Waals surface area contributed by atoms with Crippen LogP contribution in [0.25, 0.3) is 0 Å². The molecule has 1 aromatic carbocycles. The number of benzene rings is 1. The molecule has 0 amide bonds. The molecule has 13 heavy (non-hydrogen) atoms. The predicted molar refractivity (Wildman–Crippen MR) is 54.2 cm³/mol. The van der Waals surface area contributed by atoms with Crippen molar-refractivity contribution in [3.8, 4) is 0 Å². The van der Waals surface area contributed by atoms with Gasteiger partial charge >= 0.3 is 0 Å². The minimum atomic E-state index is -0.456. The lowest BCUT2D eigenvalue weighted by Gasteiger charge is -1.97. The van der Waals surface area contributed by atoms with E-state index in [0.29, 0.717) is 10.6 Å². The average Bonchev–Trinajstić information content (AvgIpc) is 2.08. The van der Waals surface area contributed by atoms with Crippen molar-refractivity contribution in [1.82, 2.24) is 0 Å². The van der Waals surface area contributed by atoms with E-state index in [-0.39, 0.29) is 5.69 Å². The molecule has 68 valence electrons. The summed E-state index contributed by atoms with van der Waals surface area (Å²) in [4.78, 5) is 14.5. The van der Waals surface area contributed by atoms with Gasteiger partial charge in [0.1, 0.15) is 0 Å². The summed E-state index contributed by atoms with van der Waals surface area (Å²) in [6.07, 6.45) is 1.57. The van der Waals surface area contributed by atoms with Crippen molar-refractivity contribution in [2.24, 2.45) is 4.99 Å². The van der Waals surface area contributed by atoms with E-state index < -0.39 is 4.92 Å². The van der Waals surface area contributed by atoms with Crippen LogP contribution in [0.5, 0.6) is 0 Å². The van der Waals surface area contributed by atoms with Gasteiger partial charge in [-0.3, -0.25) is 15.1 Å². The first-order valence-corrected chi connectivity index (χ1v) is 4.06. The highest BCUT2D eigenvalue weighted by Crippen LogP contribution is 2.27. The SMILES string of the molecule is CC=Nc1cc([N+](=O)[O-])ccc1S. The number of nitrogens with zero attached hydrogens (tertiary/aromatic N) is 2. The topological polar surface area (TPSA) is 55.5 Å². The first-order valence-electron chi connectivity index (χ1n) is 3.61. The van der Waals surface area contributed by atoms with Crippen molar-refractivity contribution < 1.29 is 4.92 Å². The van der Waals surface area contributed by atoms with Crippen molar-refractivity contribution in [3.63, 3.8) is 0 Å². The lowest BCUT2D eigenvalue weighted by Crippen LogP contribution is -1.86. The minimum Gasteiger partial charge on any atom is -0.260 e. The number of nitro benzene ring substituents is 1. The van der Waals surface area contributed by atoms with Gasteiger partial charge in [-0.05, 0) is 13.0 Å². The van der Waals surface area contributed by atoms with Crippen molar-refractivity contribution in [3.05, 3.63) is 28.3 Å². The standard InChI is InChI=1S/C8H8N2O2S/c1-2-9-7-5-6(10(11)12)3-4-8(7)13/h2-5,13H,1H3. The van der Waals surface area contributed by atoms with Gasteiger partial charge in [0.05, 0.1) is 10.6 Å². The van der Waals surface area contributed by atoms with Crippen LogP contribution in [0, 0.1) is 10.1 Å². The second-order valence-electron chi connectivity index (χ2n) is 2.32. The molecule has 0 heterocycles. The molecule has 0 aromatic heterocycles. The normalized spacial score (nSPS) is 10.6. The second-order valence-corrected chi connectivity index (χ2v) is 2.80. The molecule has 0 unspecified atom stereocenters. The van der Waals surface area contributed by atoms with E-state index in [1.165, 1.54) is 12.1 Å². The minimum absolute atomic E-state index is 0.0263. The van der Waals surface area contributed by atoms with Gasteiger partial charge in [-0.15, -0.1) is 12.6 Å². The Hall–Kier alpha value is -1.36. The van der Waals surface area contributed by atoms with E-state index in [0.717, 1.165) is 0 Å². The van der Waals surface area contributed by atoms with Crippen LogP contribution in [0.1, 0.15) is 6.92 Å². The van der Waals surface area contributed by atoms with Gasteiger partial charge in [-0.2, -0.15) is 0 Å². The van der Waals surface area contributed by atoms with Gasteiger partial charge in [0.2, 0.25) is 0 Å². The molecule has 0 aliphatic carbocycles. The molecular weight excluding hydrogens is 188 g/mol. The fourth-order valence-electron chi connectivity index (χ4n) is 0.868. The first-order chi connectivity index (χ1) is 6.15. The molecule has 0 spiro atoms. The molecule has 0 saturated heterocycles. The summed E-state index contributed by atoms with van der Waals surface area (Å²) >= 11 is 4.11. The van der Waals surface area contributed by atoms with Crippen LogP contribution < -0.4 is 0 Å². The highest BCUT2D eigenvalue weighted by atomic mass is 32.1. The Bertz CT molecular complexity index is 363. The number of hydrogen-bond donors (Lipinski definition) is 1. The van der Waals surface area contributed by atoms with Crippen LogP contribution >= 0.6 is 12.6 Å². The third kappa shape index (κ3) is 2.29. The smallest absolute Gasteiger partial charge is 0.260 e. The summed E-state index contributed by atoms with van der Waals surface area (Å²) in [5, 5.41) is 10.4. The van der Waals surface area contributed by atoms with Crippen LogP contribution in [0.3, 0.4) is 0 Å². The Morgan fingerprint density at radius 2 is 2.31 bits per heavy atom. The van der Waals surface area contributed by atoms with Gasteiger partial charge < -0.3 is 0 Å².